The Labute approximate surface area is 156 Å². The van der Waals surface area contributed by atoms with Gasteiger partial charge in [-0.25, -0.2) is 9.59 Å². The maximum absolute atomic E-state index is 10.9. The van der Waals surface area contributed by atoms with Crippen molar-refractivity contribution in [1.29, 1.82) is 0 Å². The van der Waals surface area contributed by atoms with Gasteiger partial charge in [-0.2, -0.15) is 0 Å². The molecule has 1 aromatic rings. The molecule has 1 rings (SSSR count). The van der Waals surface area contributed by atoms with Crippen molar-refractivity contribution in [1.82, 2.24) is 20.3 Å². The van der Waals surface area contributed by atoms with Gasteiger partial charge in [0.2, 0.25) is 0 Å². The second-order valence-corrected chi connectivity index (χ2v) is 6.06. The smallest absolute Gasteiger partial charge is 0.407 e. The summed E-state index contributed by atoms with van der Waals surface area (Å²) in [4.78, 5) is 21.7. The number of nitrogens with zero attached hydrogens (tertiary/aromatic N) is 3. The number of amides is 1. The highest BCUT2D eigenvalue weighted by Crippen LogP contribution is 2.06. The highest BCUT2D eigenvalue weighted by Gasteiger charge is 2.15. The quantitative estimate of drug-likeness (QED) is 0.534. The minimum Gasteiger partial charge on any atom is -0.464 e. The second-order valence-electron chi connectivity index (χ2n) is 5.26. The Hall–Kier alpha value is -1.39. The number of methoxy groups -OCH3 is 1. The normalized spacial score (nSPS) is 9.92. The molecule has 1 amide bonds. The minimum atomic E-state index is -0.488. The first-order valence-corrected chi connectivity index (χ1v) is 8.07. The van der Waals surface area contributed by atoms with Crippen LogP contribution in [-0.2, 0) is 16.0 Å². The van der Waals surface area contributed by atoms with E-state index in [4.69, 9.17) is 10.5 Å². The van der Waals surface area contributed by atoms with Crippen molar-refractivity contribution in [2.24, 2.45) is 5.73 Å². The summed E-state index contributed by atoms with van der Waals surface area (Å²) in [6, 6.07) is 0. The number of esters is 1. The maximum Gasteiger partial charge on any atom is 0.407 e. The molecule has 3 N–H and O–H groups in total. The fourth-order valence-electron chi connectivity index (χ4n) is 1.20. The summed E-state index contributed by atoms with van der Waals surface area (Å²) in [7, 11) is 1.30. The highest BCUT2D eigenvalue weighted by atomic mass is 79.9. The van der Waals surface area contributed by atoms with Crippen LogP contribution in [0.3, 0.4) is 0 Å². The molecule has 140 valence electrons. The van der Waals surface area contributed by atoms with E-state index in [-0.39, 0.29) is 24.2 Å². The number of ether oxygens (including phenoxy) is 2. The summed E-state index contributed by atoms with van der Waals surface area (Å²) in [6.07, 6.45) is 1.13. The first-order chi connectivity index (χ1) is 10.7. The third-order valence-corrected chi connectivity index (χ3v) is 2.45. The van der Waals surface area contributed by atoms with Crippen LogP contribution in [0.4, 0.5) is 4.79 Å². The van der Waals surface area contributed by atoms with Crippen LogP contribution in [0, 0.1) is 0 Å². The topological polar surface area (TPSA) is 121 Å². The van der Waals surface area contributed by atoms with Gasteiger partial charge < -0.3 is 20.5 Å². The van der Waals surface area contributed by atoms with Crippen LogP contribution in [0.1, 0.15) is 31.3 Å². The zero-order valence-corrected chi connectivity index (χ0v) is 16.6. The standard InChI is InChI=1S/C7H14BrNO2.C6H10N4O2.ClH/c1-7(2,3)11-6(10)9-5-4-8;1-12-6(11)5-4-10(3-2-7)9-8-5;/h4-5H2,1-3H3,(H,9,10);4H,2-3,7H2,1H3;1H. The predicted molar refractivity (Wildman–Crippen MR) is 95.7 cm³/mol. The molecule has 24 heavy (non-hydrogen) atoms. The Balaban J connectivity index is 0. The average molecular weight is 431 g/mol. The number of halogens is 2. The van der Waals surface area contributed by atoms with Crippen molar-refractivity contribution in [3.63, 3.8) is 0 Å². The molecule has 0 aromatic carbocycles. The number of hydrogen-bond acceptors (Lipinski definition) is 7. The fourth-order valence-corrected chi connectivity index (χ4v) is 1.40. The van der Waals surface area contributed by atoms with E-state index in [1.165, 1.54) is 18.0 Å². The van der Waals surface area contributed by atoms with Crippen molar-refractivity contribution in [3.8, 4) is 0 Å². The fraction of sp³-hybridized carbons (Fsp3) is 0.692. The van der Waals surface area contributed by atoms with Crippen molar-refractivity contribution in [3.05, 3.63) is 11.9 Å². The third kappa shape index (κ3) is 12.1. The number of alkyl halides is 1. The lowest BCUT2D eigenvalue weighted by Gasteiger charge is -2.19. The van der Waals surface area contributed by atoms with E-state index in [1.807, 2.05) is 20.8 Å². The summed E-state index contributed by atoms with van der Waals surface area (Å²) in [5.74, 6) is -0.488. The number of alkyl carbamates (subject to hydrolysis) is 1. The van der Waals surface area contributed by atoms with Crippen molar-refractivity contribution in [2.45, 2.75) is 32.9 Å². The molecule has 9 nitrogen and oxygen atoms in total. The molecule has 0 bridgehead atoms. The Morgan fingerprint density at radius 2 is 2.04 bits per heavy atom. The first kappa shape index (κ1) is 24.9. The lowest BCUT2D eigenvalue weighted by atomic mass is 10.2. The van der Waals surface area contributed by atoms with Crippen LogP contribution in [0.25, 0.3) is 0 Å². The first-order valence-electron chi connectivity index (χ1n) is 6.94. The van der Waals surface area contributed by atoms with Gasteiger partial charge in [0.05, 0.1) is 19.9 Å². The SMILES string of the molecule is CC(C)(C)OC(=O)NCCBr.COC(=O)c1cn(CCN)nn1.Cl. The molecule has 0 unspecified atom stereocenters. The molecule has 0 aliphatic carbocycles. The molecular weight excluding hydrogens is 406 g/mol. The average Bonchev–Trinajstić information content (AvgIpc) is 2.92. The number of rotatable bonds is 5. The molecule has 0 spiro atoms. The number of carbonyl (C=O) groups excluding carboxylic acids is 2. The van der Waals surface area contributed by atoms with Crippen molar-refractivity contribution >= 4 is 40.4 Å². The molecule has 0 saturated carbocycles. The molecular formula is C13H25BrClN5O4. The van der Waals surface area contributed by atoms with E-state index in [1.54, 1.807) is 0 Å². The Kier molecular flexibility index (Phi) is 13.4. The van der Waals surface area contributed by atoms with Crippen LogP contribution in [0.15, 0.2) is 6.20 Å². The van der Waals surface area contributed by atoms with E-state index in [9.17, 15) is 9.59 Å². The van der Waals surface area contributed by atoms with Gasteiger partial charge in [-0.3, -0.25) is 4.68 Å². The molecule has 1 aromatic heterocycles. The van der Waals surface area contributed by atoms with Gasteiger partial charge in [-0.1, -0.05) is 21.1 Å². The molecule has 0 aliphatic heterocycles. The summed E-state index contributed by atoms with van der Waals surface area (Å²) < 4.78 is 10.9. The number of carbonyl (C=O) groups is 2. The van der Waals surface area contributed by atoms with Gasteiger partial charge in [0.25, 0.3) is 0 Å². The number of aromatic nitrogens is 3. The zero-order chi connectivity index (χ0) is 17.9. The predicted octanol–water partition coefficient (Wildman–Crippen LogP) is 1.35. The maximum atomic E-state index is 10.9. The van der Waals surface area contributed by atoms with E-state index < -0.39 is 11.6 Å². The molecule has 0 fully saturated rings. The number of nitrogens with two attached hydrogens (primary N) is 1. The second kappa shape index (κ2) is 13.0. The van der Waals surface area contributed by atoms with Gasteiger partial charge in [-0.05, 0) is 20.8 Å². The van der Waals surface area contributed by atoms with E-state index >= 15 is 0 Å². The van der Waals surface area contributed by atoms with E-state index in [0.29, 0.717) is 19.6 Å². The van der Waals surface area contributed by atoms with Crippen LogP contribution in [0.5, 0.6) is 0 Å². The Morgan fingerprint density at radius 3 is 2.50 bits per heavy atom. The van der Waals surface area contributed by atoms with Gasteiger partial charge in [0.1, 0.15) is 5.60 Å². The highest BCUT2D eigenvalue weighted by molar-refractivity contribution is 9.09. The zero-order valence-electron chi connectivity index (χ0n) is 14.2. The summed E-state index contributed by atoms with van der Waals surface area (Å²) in [6.45, 7) is 7.10. The summed E-state index contributed by atoms with van der Waals surface area (Å²) in [5, 5.41) is 10.6. The molecule has 0 atom stereocenters. The number of nitrogens with one attached hydrogen (secondary N) is 1. The molecule has 0 aliphatic rings. The lowest BCUT2D eigenvalue weighted by Crippen LogP contribution is -2.33. The molecule has 0 saturated heterocycles. The minimum absolute atomic E-state index is 0. The molecule has 0 radical (unpaired) electrons. The van der Waals surface area contributed by atoms with Crippen LogP contribution in [0.2, 0.25) is 0 Å². The van der Waals surface area contributed by atoms with Gasteiger partial charge in [0.15, 0.2) is 5.69 Å². The van der Waals surface area contributed by atoms with Gasteiger partial charge in [-0.15, -0.1) is 17.5 Å². The Bertz CT molecular complexity index is 493. The summed E-state index contributed by atoms with van der Waals surface area (Å²) >= 11 is 3.19. The van der Waals surface area contributed by atoms with Crippen LogP contribution < -0.4 is 11.1 Å². The molecule has 11 heteroatoms. The summed E-state index contributed by atoms with van der Waals surface area (Å²) in [5.41, 5.74) is 5.07. The third-order valence-electron chi connectivity index (χ3n) is 2.05. The molecule has 1 heterocycles. The van der Waals surface area contributed by atoms with Gasteiger partial charge >= 0.3 is 12.1 Å². The van der Waals surface area contributed by atoms with Crippen molar-refractivity contribution in [2.75, 3.05) is 25.5 Å². The monoisotopic (exact) mass is 429 g/mol. The van der Waals surface area contributed by atoms with Crippen LogP contribution >= 0.6 is 28.3 Å². The lowest BCUT2D eigenvalue weighted by molar-refractivity contribution is 0.0530. The van der Waals surface area contributed by atoms with E-state index in [2.05, 4.69) is 36.3 Å². The van der Waals surface area contributed by atoms with E-state index in [0.717, 1.165) is 5.33 Å². The Morgan fingerprint density at radius 1 is 1.42 bits per heavy atom. The largest absolute Gasteiger partial charge is 0.464 e. The van der Waals surface area contributed by atoms with Crippen molar-refractivity contribution < 1.29 is 19.1 Å². The van der Waals surface area contributed by atoms with Gasteiger partial charge in [0, 0.05) is 18.4 Å². The van der Waals surface area contributed by atoms with Crippen LogP contribution in [-0.4, -0.2) is 58.2 Å². The number of hydrogen-bond donors (Lipinski definition) is 2.